The zero-order valence-electron chi connectivity index (χ0n) is 9.28. The van der Waals surface area contributed by atoms with Gasteiger partial charge in [-0.15, -0.1) is 0 Å². The summed E-state index contributed by atoms with van der Waals surface area (Å²) in [4.78, 5) is 15.2. The molecule has 19 heavy (non-hydrogen) atoms. The Morgan fingerprint density at radius 3 is 2.42 bits per heavy atom. The van der Waals surface area contributed by atoms with Crippen molar-refractivity contribution in [2.75, 3.05) is 5.73 Å². The number of hydrogen-bond donors (Lipinski definition) is 2. The van der Waals surface area contributed by atoms with Crippen molar-refractivity contribution in [1.82, 2.24) is 19.9 Å². The van der Waals surface area contributed by atoms with Gasteiger partial charge in [-0.1, -0.05) is 34.8 Å². The van der Waals surface area contributed by atoms with Crippen LogP contribution in [-0.4, -0.2) is 19.9 Å². The minimum Gasteiger partial charge on any atom is -0.368 e. The zero-order valence-corrected chi connectivity index (χ0v) is 11.6. The molecular formula is C11H6Cl3N5. The van der Waals surface area contributed by atoms with E-state index in [0.29, 0.717) is 37.5 Å². The van der Waals surface area contributed by atoms with Gasteiger partial charge in [-0.2, -0.15) is 4.98 Å². The smallest absolute Gasteiger partial charge is 0.222 e. The predicted molar refractivity (Wildman–Crippen MR) is 76.6 cm³/mol. The highest BCUT2D eigenvalue weighted by molar-refractivity contribution is 6.42. The third-order valence-corrected chi connectivity index (χ3v) is 3.36. The van der Waals surface area contributed by atoms with E-state index >= 15 is 0 Å². The van der Waals surface area contributed by atoms with Crippen LogP contribution in [0.3, 0.4) is 0 Å². The molecule has 0 bridgehead atoms. The summed E-state index contributed by atoms with van der Waals surface area (Å²) in [5, 5.41) is 1.21. The van der Waals surface area contributed by atoms with Crippen LogP contribution in [0.4, 0.5) is 5.95 Å². The Balaban J connectivity index is 2.39. The second-order valence-electron chi connectivity index (χ2n) is 3.78. The quantitative estimate of drug-likeness (QED) is 0.719. The zero-order chi connectivity index (χ0) is 13.6. The van der Waals surface area contributed by atoms with Gasteiger partial charge >= 0.3 is 0 Å². The summed E-state index contributed by atoms with van der Waals surface area (Å²) in [6.45, 7) is 0. The number of nitrogens with two attached hydrogens (primary N) is 1. The molecular weight excluding hydrogens is 309 g/mol. The first kappa shape index (κ1) is 12.5. The Labute approximate surface area is 122 Å². The number of benzene rings is 1. The average Bonchev–Trinajstić information content (AvgIpc) is 2.75. The van der Waals surface area contributed by atoms with Crippen LogP contribution < -0.4 is 5.73 Å². The maximum absolute atomic E-state index is 6.18. The molecule has 8 heteroatoms. The second kappa shape index (κ2) is 4.52. The molecule has 0 unspecified atom stereocenters. The van der Waals surface area contributed by atoms with Gasteiger partial charge in [0.25, 0.3) is 0 Å². The molecule has 1 aromatic carbocycles. The molecule has 0 radical (unpaired) electrons. The first-order valence-electron chi connectivity index (χ1n) is 5.18. The molecule has 0 amide bonds. The lowest BCUT2D eigenvalue weighted by molar-refractivity contribution is 1.22. The molecule has 96 valence electrons. The molecule has 3 aromatic rings. The summed E-state index contributed by atoms with van der Waals surface area (Å²) in [6, 6.07) is 3.18. The summed E-state index contributed by atoms with van der Waals surface area (Å²) >= 11 is 18.3. The lowest BCUT2D eigenvalue weighted by atomic mass is 10.1. The van der Waals surface area contributed by atoms with Crippen molar-refractivity contribution in [3.05, 3.63) is 33.5 Å². The molecule has 0 spiro atoms. The molecule has 2 heterocycles. The fourth-order valence-corrected chi connectivity index (χ4v) is 2.80. The first-order valence-corrected chi connectivity index (χ1v) is 6.31. The number of fused-ring (bicyclic) bond motifs is 1. The van der Waals surface area contributed by atoms with Crippen molar-refractivity contribution in [2.24, 2.45) is 0 Å². The van der Waals surface area contributed by atoms with Gasteiger partial charge in [-0.05, 0) is 12.1 Å². The fourth-order valence-electron chi connectivity index (χ4n) is 1.80. The Kier molecular flexibility index (Phi) is 2.97. The Morgan fingerprint density at radius 2 is 1.74 bits per heavy atom. The van der Waals surface area contributed by atoms with E-state index in [4.69, 9.17) is 40.5 Å². The highest BCUT2D eigenvalue weighted by Crippen LogP contribution is 2.38. The number of imidazole rings is 1. The van der Waals surface area contributed by atoms with Gasteiger partial charge in [0, 0.05) is 10.6 Å². The summed E-state index contributed by atoms with van der Waals surface area (Å²) in [6.07, 6.45) is 1.50. The van der Waals surface area contributed by atoms with Crippen LogP contribution in [-0.2, 0) is 0 Å². The third-order valence-electron chi connectivity index (χ3n) is 2.55. The molecule has 0 fully saturated rings. The fraction of sp³-hybridized carbons (Fsp3) is 0. The third kappa shape index (κ3) is 2.10. The van der Waals surface area contributed by atoms with E-state index < -0.39 is 0 Å². The van der Waals surface area contributed by atoms with Gasteiger partial charge in [-0.3, -0.25) is 0 Å². The average molecular weight is 315 g/mol. The first-order chi connectivity index (χ1) is 9.06. The standard InChI is InChI=1S/C11H6Cl3N5/c12-4-1-5(13)7(6(14)2-4)8-9-10(17-3-16-9)19-11(15)18-8/h1-3H,(H3,15,16,17,18,19). The number of nitrogen functional groups attached to an aromatic ring is 1. The van der Waals surface area contributed by atoms with E-state index in [1.807, 2.05) is 0 Å². The summed E-state index contributed by atoms with van der Waals surface area (Å²) in [5.41, 5.74) is 7.75. The molecule has 0 saturated carbocycles. The van der Waals surface area contributed by atoms with E-state index in [1.54, 1.807) is 12.1 Å². The van der Waals surface area contributed by atoms with Gasteiger partial charge in [0.15, 0.2) is 5.65 Å². The van der Waals surface area contributed by atoms with Crippen molar-refractivity contribution in [2.45, 2.75) is 0 Å². The molecule has 0 aliphatic carbocycles. The molecule has 3 rings (SSSR count). The molecule has 2 aromatic heterocycles. The largest absolute Gasteiger partial charge is 0.368 e. The number of rotatable bonds is 1. The van der Waals surface area contributed by atoms with Crippen molar-refractivity contribution in [1.29, 1.82) is 0 Å². The van der Waals surface area contributed by atoms with Gasteiger partial charge in [0.2, 0.25) is 5.95 Å². The van der Waals surface area contributed by atoms with Gasteiger partial charge in [0.1, 0.15) is 11.2 Å². The van der Waals surface area contributed by atoms with Crippen LogP contribution in [0.5, 0.6) is 0 Å². The van der Waals surface area contributed by atoms with Crippen molar-refractivity contribution in [3.8, 4) is 11.3 Å². The number of nitrogens with one attached hydrogen (secondary N) is 1. The van der Waals surface area contributed by atoms with Crippen LogP contribution in [0.2, 0.25) is 15.1 Å². The lowest BCUT2D eigenvalue weighted by Gasteiger charge is -2.08. The van der Waals surface area contributed by atoms with E-state index in [-0.39, 0.29) is 5.95 Å². The highest BCUT2D eigenvalue weighted by Gasteiger charge is 2.17. The van der Waals surface area contributed by atoms with Gasteiger partial charge in [0.05, 0.1) is 16.4 Å². The second-order valence-corrected chi connectivity index (χ2v) is 5.03. The molecule has 3 N–H and O–H groups in total. The van der Waals surface area contributed by atoms with E-state index in [9.17, 15) is 0 Å². The van der Waals surface area contributed by atoms with Crippen LogP contribution in [0, 0.1) is 0 Å². The lowest BCUT2D eigenvalue weighted by Crippen LogP contribution is -1.98. The van der Waals surface area contributed by atoms with Crippen LogP contribution in [0.1, 0.15) is 0 Å². The SMILES string of the molecule is Nc1nc(-c2c(Cl)cc(Cl)cc2Cl)c2[nH]cnc2n1. The minimum atomic E-state index is 0.0942. The number of aromatic amines is 1. The Morgan fingerprint density at radius 1 is 1.05 bits per heavy atom. The minimum absolute atomic E-state index is 0.0942. The molecule has 0 aliphatic rings. The number of halogens is 3. The number of aromatic nitrogens is 4. The molecule has 0 saturated heterocycles. The van der Waals surface area contributed by atoms with E-state index in [1.165, 1.54) is 6.33 Å². The van der Waals surface area contributed by atoms with Crippen LogP contribution >= 0.6 is 34.8 Å². The Bertz CT molecular complexity index is 760. The van der Waals surface area contributed by atoms with Crippen LogP contribution in [0.15, 0.2) is 18.5 Å². The number of anilines is 1. The molecule has 5 nitrogen and oxygen atoms in total. The maximum atomic E-state index is 6.18. The monoisotopic (exact) mass is 313 g/mol. The van der Waals surface area contributed by atoms with Crippen molar-refractivity contribution in [3.63, 3.8) is 0 Å². The molecule has 0 aliphatic heterocycles. The summed E-state index contributed by atoms with van der Waals surface area (Å²) in [5.74, 6) is 0.0942. The summed E-state index contributed by atoms with van der Waals surface area (Å²) < 4.78 is 0. The van der Waals surface area contributed by atoms with Crippen molar-refractivity contribution >= 4 is 51.9 Å². The topological polar surface area (TPSA) is 80.5 Å². The normalized spacial score (nSPS) is 11.1. The van der Waals surface area contributed by atoms with E-state index in [2.05, 4.69) is 19.9 Å². The van der Waals surface area contributed by atoms with E-state index in [0.717, 1.165) is 0 Å². The summed E-state index contributed by atoms with van der Waals surface area (Å²) in [7, 11) is 0. The Hall–Kier alpha value is -1.56. The number of nitrogens with zero attached hydrogens (tertiary/aromatic N) is 3. The van der Waals surface area contributed by atoms with Crippen LogP contribution in [0.25, 0.3) is 22.4 Å². The highest BCUT2D eigenvalue weighted by atomic mass is 35.5. The predicted octanol–water partition coefficient (Wildman–Crippen LogP) is 3.56. The maximum Gasteiger partial charge on any atom is 0.222 e. The number of H-pyrrole nitrogens is 1. The van der Waals surface area contributed by atoms with Crippen molar-refractivity contribution < 1.29 is 0 Å². The number of hydrogen-bond acceptors (Lipinski definition) is 4. The molecule has 0 atom stereocenters. The van der Waals surface area contributed by atoms with Gasteiger partial charge in [-0.25, -0.2) is 9.97 Å². The van der Waals surface area contributed by atoms with Gasteiger partial charge < -0.3 is 10.7 Å².